The maximum Gasteiger partial charge on any atom is 0.402 e. The van der Waals surface area contributed by atoms with Gasteiger partial charge in [0, 0.05) is 6.07 Å². The molecule has 0 heterocycles. The molecule has 0 saturated carbocycles. The predicted molar refractivity (Wildman–Crippen MR) is 59.6 cm³/mol. The Bertz CT molecular complexity index is 474. The van der Waals surface area contributed by atoms with Crippen LogP contribution in [0.25, 0.3) is 0 Å². The summed E-state index contributed by atoms with van der Waals surface area (Å²) in [5.74, 6) is -3.94. The molecule has 1 rings (SSSR count). The second-order valence-corrected chi connectivity index (χ2v) is 3.84. The Balaban J connectivity index is 2.79. The van der Waals surface area contributed by atoms with Crippen molar-refractivity contribution in [1.29, 1.82) is 0 Å². The minimum Gasteiger partial charge on any atom is -0.492 e. The van der Waals surface area contributed by atoms with Crippen molar-refractivity contribution in [3.63, 3.8) is 0 Å². The molecule has 0 aromatic heterocycles. The standard InChI is InChI=1S/C11H12F4N2O2/c1-6-2-3-7(4-9(6)12)19-5-8(10(16)17-18)11(13,14)15/h2-4,8,18H,5H2,1H3,(H2,16,17). The molecule has 19 heavy (non-hydrogen) atoms. The van der Waals surface area contributed by atoms with E-state index in [1.54, 1.807) is 0 Å². The third-order valence-corrected chi connectivity index (χ3v) is 2.43. The molecular weight excluding hydrogens is 268 g/mol. The number of alkyl halides is 3. The quantitative estimate of drug-likeness (QED) is 0.293. The summed E-state index contributed by atoms with van der Waals surface area (Å²) < 4.78 is 55.7. The first-order chi connectivity index (χ1) is 8.75. The molecule has 0 bridgehead atoms. The van der Waals surface area contributed by atoms with Gasteiger partial charge in [-0.25, -0.2) is 4.39 Å². The van der Waals surface area contributed by atoms with Crippen molar-refractivity contribution in [3.05, 3.63) is 29.6 Å². The summed E-state index contributed by atoms with van der Waals surface area (Å²) in [6.45, 7) is 0.607. The number of aryl methyl sites for hydroxylation is 1. The summed E-state index contributed by atoms with van der Waals surface area (Å²) in [7, 11) is 0. The number of nitrogens with zero attached hydrogens (tertiary/aromatic N) is 1. The maximum absolute atomic E-state index is 13.2. The van der Waals surface area contributed by atoms with Gasteiger partial charge in [-0.3, -0.25) is 0 Å². The highest BCUT2D eigenvalue weighted by atomic mass is 19.4. The SMILES string of the molecule is Cc1ccc(OCC(/C(N)=N/O)C(F)(F)F)cc1F. The number of hydrogen-bond donors (Lipinski definition) is 2. The van der Waals surface area contributed by atoms with Crippen LogP contribution in [-0.2, 0) is 0 Å². The summed E-state index contributed by atoms with van der Waals surface area (Å²) in [5.41, 5.74) is 5.29. The lowest BCUT2D eigenvalue weighted by Crippen LogP contribution is -2.40. The van der Waals surface area contributed by atoms with Crippen molar-refractivity contribution in [2.24, 2.45) is 16.8 Å². The smallest absolute Gasteiger partial charge is 0.402 e. The summed E-state index contributed by atoms with van der Waals surface area (Å²) >= 11 is 0. The fourth-order valence-electron chi connectivity index (χ4n) is 1.26. The van der Waals surface area contributed by atoms with Gasteiger partial charge in [0.1, 0.15) is 24.1 Å². The van der Waals surface area contributed by atoms with Gasteiger partial charge in [-0.2, -0.15) is 13.2 Å². The molecular formula is C11H12F4N2O2. The number of oxime groups is 1. The van der Waals surface area contributed by atoms with Crippen molar-refractivity contribution in [2.45, 2.75) is 13.1 Å². The Morgan fingerprint density at radius 1 is 1.47 bits per heavy atom. The molecule has 8 heteroatoms. The van der Waals surface area contributed by atoms with E-state index in [2.05, 4.69) is 5.16 Å². The fourth-order valence-corrected chi connectivity index (χ4v) is 1.26. The van der Waals surface area contributed by atoms with Crippen LogP contribution < -0.4 is 10.5 Å². The lowest BCUT2D eigenvalue weighted by Gasteiger charge is -2.19. The molecule has 0 saturated heterocycles. The predicted octanol–water partition coefficient (Wildman–Crippen LogP) is 2.44. The van der Waals surface area contributed by atoms with Gasteiger partial charge < -0.3 is 15.7 Å². The van der Waals surface area contributed by atoms with Crippen LogP contribution in [-0.4, -0.2) is 23.8 Å². The van der Waals surface area contributed by atoms with Gasteiger partial charge >= 0.3 is 6.18 Å². The summed E-state index contributed by atoms with van der Waals surface area (Å²) in [4.78, 5) is 0. The van der Waals surface area contributed by atoms with Crippen LogP contribution >= 0.6 is 0 Å². The summed E-state index contributed by atoms with van der Waals surface area (Å²) in [5, 5.41) is 10.6. The van der Waals surface area contributed by atoms with E-state index in [0.717, 1.165) is 6.07 Å². The molecule has 0 aliphatic rings. The van der Waals surface area contributed by atoms with Crippen molar-refractivity contribution in [1.82, 2.24) is 0 Å². The van der Waals surface area contributed by atoms with Crippen LogP contribution in [0.4, 0.5) is 17.6 Å². The molecule has 1 aromatic carbocycles. The lowest BCUT2D eigenvalue weighted by atomic mass is 10.1. The highest BCUT2D eigenvalue weighted by Crippen LogP contribution is 2.27. The maximum atomic E-state index is 13.2. The van der Waals surface area contributed by atoms with Crippen LogP contribution in [0.1, 0.15) is 5.56 Å². The minimum atomic E-state index is -4.72. The molecule has 0 fully saturated rings. The van der Waals surface area contributed by atoms with Crippen molar-refractivity contribution >= 4 is 5.84 Å². The van der Waals surface area contributed by atoms with E-state index in [4.69, 9.17) is 15.7 Å². The second kappa shape index (κ2) is 5.77. The number of benzene rings is 1. The molecule has 4 nitrogen and oxygen atoms in total. The number of halogens is 4. The Morgan fingerprint density at radius 3 is 2.58 bits per heavy atom. The Labute approximate surface area is 106 Å². The molecule has 1 atom stereocenters. The first kappa shape index (κ1) is 15.1. The van der Waals surface area contributed by atoms with Gasteiger partial charge in [0.25, 0.3) is 0 Å². The van der Waals surface area contributed by atoms with Gasteiger partial charge in [-0.15, -0.1) is 0 Å². The highest BCUT2D eigenvalue weighted by molar-refractivity contribution is 5.83. The first-order valence-electron chi connectivity index (χ1n) is 5.18. The van der Waals surface area contributed by atoms with Gasteiger partial charge in [0.05, 0.1) is 0 Å². The number of nitrogens with two attached hydrogens (primary N) is 1. The number of ether oxygens (including phenoxy) is 1. The van der Waals surface area contributed by atoms with Gasteiger partial charge in [-0.05, 0) is 18.6 Å². The van der Waals surface area contributed by atoms with Crippen LogP contribution in [0, 0.1) is 18.7 Å². The van der Waals surface area contributed by atoms with Gasteiger partial charge in [0.15, 0.2) is 5.84 Å². The molecule has 106 valence electrons. The largest absolute Gasteiger partial charge is 0.492 e. The van der Waals surface area contributed by atoms with E-state index in [1.807, 2.05) is 0 Å². The van der Waals surface area contributed by atoms with Crippen molar-refractivity contribution in [3.8, 4) is 5.75 Å². The average molecular weight is 280 g/mol. The molecule has 0 aliphatic carbocycles. The van der Waals surface area contributed by atoms with Crippen LogP contribution in [0.2, 0.25) is 0 Å². The zero-order chi connectivity index (χ0) is 14.6. The summed E-state index contributed by atoms with van der Waals surface area (Å²) in [6, 6.07) is 3.67. The Morgan fingerprint density at radius 2 is 2.11 bits per heavy atom. The molecule has 0 aliphatic heterocycles. The third kappa shape index (κ3) is 4.01. The van der Waals surface area contributed by atoms with E-state index in [-0.39, 0.29) is 5.75 Å². The number of amidine groups is 1. The zero-order valence-corrected chi connectivity index (χ0v) is 9.91. The van der Waals surface area contributed by atoms with E-state index in [9.17, 15) is 17.6 Å². The lowest BCUT2D eigenvalue weighted by molar-refractivity contribution is -0.162. The number of hydrogen-bond acceptors (Lipinski definition) is 3. The normalized spacial score (nSPS) is 14.3. The first-order valence-corrected chi connectivity index (χ1v) is 5.18. The van der Waals surface area contributed by atoms with E-state index >= 15 is 0 Å². The van der Waals surface area contributed by atoms with Crippen molar-refractivity contribution in [2.75, 3.05) is 6.61 Å². The summed E-state index contributed by atoms with van der Waals surface area (Å²) in [6.07, 6.45) is -4.72. The fraction of sp³-hybridized carbons (Fsp3) is 0.364. The molecule has 0 spiro atoms. The molecule has 3 N–H and O–H groups in total. The third-order valence-electron chi connectivity index (χ3n) is 2.43. The van der Waals surface area contributed by atoms with Crippen LogP contribution in [0.15, 0.2) is 23.4 Å². The highest BCUT2D eigenvalue weighted by Gasteiger charge is 2.43. The van der Waals surface area contributed by atoms with Crippen LogP contribution in [0.5, 0.6) is 5.75 Å². The topological polar surface area (TPSA) is 67.8 Å². The molecule has 1 unspecified atom stereocenters. The average Bonchev–Trinajstić information content (AvgIpc) is 2.31. The van der Waals surface area contributed by atoms with E-state index in [0.29, 0.717) is 5.56 Å². The van der Waals surface area contributed by atoms with E-state index in [1.165, 1.54) is 19.1 Å². The van der Waals surface area contributed by atoms with Crippen LogP contribution in [0.3, 0.4) is 0 Å². The Hall–Kier alpha value is -1.99. The second-order valence-electron chi connectivity index (χ2n) is 3.84. The number of rotatable bonds is 4. The molecule has 0 amide bonds. The van der Waals surface area contributed by atoms with E-state index < -0.39 is 30.4 Å². The molecule has 1 aromatic rings. The minimum absolute atomic E-state index is 0.0666. The van der Waals surface area contributed by atoms with Gasteiger partial charge in [0.2, 0.25) is 0 Å². The monoisotopic (exact) mass is 280 g/mol. The van der Waals surface area contributed by atoms with Crippen molar-refractivity contribution < 1.29 is 27.5 Å². The van der Waals surface area contributed by atoms with Gasteiger partial charge in [-0.1, -0.05) is 11.2 Å². The Kier molecular flexibility index (Phi) is 4.57. The molecule has 0 radical (unpaired) electrons. The zero-order valence-electron chi connectivity index (χ0n) is 9.91.